The Balaban J connectivity index is 1.70. The summed E-state index contributed by atoms with van der Waals surface area (Å²) in [6.07, 6.45) is 2.18. The highest BCUT2D eigenvalue weighted by atomic mass is 16.3. The van der Waals surface area contributed by atoms with E-state index in [0.717, 1.165) is 24.2 Å². The number of fused-ring (bicyclic) bond motifs is 2. The van der Waals surface area contributed by atoms with Crippen molar-refractivity contribution in [1.82, 2.24) is 0 Å². The van der Waals surface area contributed by atoms with E-state index in [2.05, 4.69) is 41.7 Å². The molecule has 0 unspecified atom stereocenters. The van der Waals surface area contributed by atoms with Crippen LogP contribution in [0.4, 0.5) is 5.69 Å². The minimum absolute atomic E-state index is 0.280. The van der Waals surface area contributed by atoms with Crippen molar-refractivity contribution in [1.29, 1.82) is 0 Å². The van der Waals surface area contributed by atoms with Crippen molar-refractivity contribution >= 4 is 16.7 Å². The van der Waals surface area contributed by atoms with E-state index < -0.39 is 0 Å². The van der Waals surface area contributed by atoms with Crippen LogP contribution in [0.3, 0.4) is 0 Å². The predicted molar refractivity (Wildman–Crippen MR) is 77.3 cm³/mol. The molecule has 19 heavy (non-hydrogen) atoms. The molecule has 0 aliphatic carbocycles. The van der Waals surface area contributed by atoms with E-state index in [9.17, 15) is 0 Å². The first kappa shape index (κ1) is 10.7. The fourth-order valence-electron chi connectivity index (χ4n) is 2.83. The van der Waals surface area contributed by atoms with E-state index >= 15 is 0 Å². The van der Waals surface area contributed by atoms with Crippen LogP contribution in [-0.4, -0.2) is 0 Å². The summed E-state index contributed by atoms with van der Waals surface area (Å²) >= 11 is 0. The van der Waals surface area contributed by atoms with Crippen LogP contribution in [0, 0.1) is 0 Å². The second kappa shape index (κ2) is 4.16. The molecule has 1 aliphatic heterocycles. The standard InChI is InChI=1S/C17H15NO/c1-3-7-14-12(5-1)9-10-15(18-14)17-11-13-6-2-4-8-16(13)19-17/h1-8,11,15,18H,9-10H2/t15-/m0/s1. The van der Waals surface area contributed by atoms with Gasteiger partial charge in [-0.15, -0.1) is 0 Å². The number of rotatable bonds is 1. The van der Waals surface area contributed by atoms with Gasteiger partial charge in [0.2, 0.25) is 0 Å². The average Bonchev–Trinajstić information content (AvgIpc) is 2.90. The van der Waals surface area contributed by atoms with Crippen LogP contribution in [0.15, 0.2) is 59.0 Å². The molecule has 0 saturated carbocycles. The molecule has 0 fully saturated rings. The lowest BCUT2D eigenvalue weighted by molar-refractivity contribution is 0.489. The van der Waals surface area contributed by atoms with Gasteiger partial charge in [0.05, 0.1) is 6.04 Å². The third-order valence-corrected chi connectivity index (χ3v) is 3.84. The van der Waals surface area contributed by atoms with Crippen LogP contribution in [0.2, 0.25) is 0 Å². The lowest BCUT2D eigenvalue weighted by Gasteiger charge is -2.25. The van der Waals surface area contributed by atoms with Crippen molar-refractivity contribution in [2.75, 3.05) is 5.32 Å². The molecular formula is C17H15NO. The average molecular weight is 249 g/mol. The Morgan fingerprint density at radius 1 is 1.00 bits per heavy atom. The lowest BCUT2D eigenvalue weighted by Crippen LogP contribution is -2.17. The summed E-state index contributed by atoms with van der Waals surface area (Å²) in [5, 5.41) is 4.76. The van der Waals surface area contributed by atoms with Crippen LogP contribution in [0.1, 0.15) is 23.8 Å². The molecule has 1 aliphatic rings. The molecule has 3 aromatic rings. The van der Waals surface area contributed by atoms with Gasteiger partial charge in [-0.1, -0.05) is 36.4 Å². The summed E-state index contributed by atoms with van der Waals surface area (Å²) in [5.41, 5.74) is 3.60. The van der Waals surface area contributed by atoms with E-state index in [1.807, 2.05) is 18.2 Å². The molecule has 1 aromatic heterocycles. The zero-order valence-electron chi connectivity index (χ0n) is 10.6. The van der Waals surface area contributed by atoms with Gasteiger partial charge in [-0.2, -0.15) is 0 Å². The van der Waals surface area contributed by atoms with Gasteiger partial charge in [0.15, 0.2) is 0 Å². The van der Waals surface area contributed by atoms with Crippen molar-refractivity contribution in [3.05, 3.63) is 65.9 Å². The third-order valence-electron chi connectivity index (χ3n) is 3.84. The minimum Gasteiger partial charge on any atom is -0.459 e. The van der Waals surface area contributed by atoms with Gasteiger partial charge in [0.1, 0.15) is 11.3 Å². The first-order valence-electron chi connectivity index (χ1n) is 6.73. The summed E-state index contributed by atoms with van der Waals surface area (Å²) in [5.74, 6) is 1.04. The van der Waals surface area contributed by atoms with Gasteiger partial charge in [0, 0.05) is 11.1 Å². The molecule has 0 spiro atoms. The highest BCUT2D eigenvalue weighted by molar-refractivity contribution is 5.78. The van der Waals surface area contributed by atoms with Crippen molar-refractivity contribution in [3.8, 4) is 0 Å². The number of furan rings is 1. The van der Waals surface area contributed by atoms with Crippen molar-refractivity contribution < 1.29 is 4.42 Å². The first-order valence-corrected chi connectivity index (χ1v) is 6.73. The zero-order chi connectivity index (χ0) is 12.7. The summed E-state index contributed by atoms with van der Waals surface area (Å²) in [6.45, 7) is 0. The van der Waals surface area contributed by atoms with E-state index in [1.54, 1.807) is 0 Å². The van der Waals surface area contributed by atoms with Crippen LogP contribution in [0.5, 0.6) is 0 Å². The quantitative estimate of drug-likeness (QED) is 0.685. The van der Waals surface area contributed by atoms with Crippen LogP contribution in [-0.2, 0) is 6.42 Å². The maximum atomic E-state index is 5.96. The third kappa shape index (κ3) is 1.80. The largest absolute Gasteiger partial charge is 0.459 e. The van der Waals surface area contributed by atoms with Crippen LogP contribution in [0.25, 0.3) is 11.0 Å². The molecule has 0 saturated heterocycles. The zero-order valence-corrected chi connectivity index (χ0v) is 10.6. The van der Waals surface area contributed by atoms with Crippen molar-refractivity contribution in [2.24, 2.45) is 0 Å². The molecule has 2 heteroatoms. The molecule has 2 heterocycles. The summed E-state index contributed by atoms with van der Waals surface area (Å²) in [7, 11) is 0. The Labute approximate surface area is 112 Å². The minimum atomic E-state index is 0.280. The number of para-hydroxylation sites is 2. The Morgan fingerprint density at radius 3 is 2.79 bits per heavy atom. The molecule has 1 N–H and O–H groups in total. The van der Waals surface area contributed by atoms with Gasteiger partial charge < -0.3 is 9.73 Å². The summed E-state index contributed by atoms with van der Waals surface area (Å²) in [6, 6.07) is 19.1. The van der Waals surface area contributed by atoms with Crippen LogP contribution < -0.4 is 5.32 Å². The Kier molecular flexibility index (Phi) is 2.34. The smallest absolute Gasteiger partial charge is 0.134 e. The van der Waals surface area contributed by atoms with E-state index in [4.69, 9.17) is 4.42 Å². The Bertz CT molecular complexity index is 696. The molecule has 94 valence electrons. The predicted octanol–water partition coefficient (Wildman–Crippen LogP) is 4.53. The molecule has 1 atom stereocenters. The number of hydrogen-bond donors (Lipinski definition) is 1. The highest BCUT2D eigenvalue weighted by Crippen LogP contribution is 2.34. The Hall–Kier alpha value is -2.22. The number of nitrogens with one attached hydrogen (secondary N) is 1. The maximum absolute atomic E-state index is 5.96. The topological polar surface area (TPSA) is 25.2 Å². The molecule has 2 nitrogen and oxygen atoms in total. The number of hydrogen-bond acceptors (Lipinski definition) is 2. The molecule has 0 amide bonds. The van der Waals surface area contributed by atoms with Crippen LogP contribution >= 0.6 is 0 Å². The molecule has 4 rings (SSSR count). The van der Waals surface area contributed by atoms with E-state index in [1.165, 1.54) is 16.6 Å². The second-order valence-corrected chi connectivity index (χ2v) is 5.08. The molecule has 2 aromatic carbocycles. The van der Waals surface area contributed by atoms with Gasteiger partial charge in [0.25, 0.3) is 0 Å². The van der Waals surface area contributed by atoms with Gasteiger partial charge >= 0.3 is 0 Å². The number of aryl methyl sites for hydroxylation is 1. The summed E-state index contributed by atoms with van der Waals surface area (Å²) in [4.78, 5) is 0. The lowest BCUT2D eigenvalue weighted by atomic mass is 9.97. The molecule has 0 bridgehead atoms. The highest BCUT2D eigenvalue weighted by Gasteiger charge is 2.21. The van der Waals surface area contributed by atoms with Crippen molar-refractivity contribution in [2.45, 2.75) is 18.9 Å². The first-order chi connectivity index (χ1) is 9.40. The normalized spacial score (nSPS) is 18.0. The molecular weight excluding hydrogens is 234 g/mol. The second-order valence-electron chi connectivity index (χ2n) is 5.08. The fraction of sp³-hybridized carbons (Fsp3) is 0.176. The summed E-state index contributed by atoms with van der Waals surface area (Å²) < 4.78 is 5.96. The number of anilines is 1. The van der Waals surface area contributed by atoms with Crippen molar-refractivity contribution in [3.63, 3.8) is 0 Å². The van der Waals surface area contributed by atoms with E-state index in [-0.39, 0.29) is 6.04 Å². The van der Waals surface area contributed by atoms with E-state index in [0.29, 0.717) is 0 Å². The Morgan fingerprint density at radius 2 is 1.84 bits per heavy atom. The SMILES string of the molecule is c1ccc2c(c1)CC[C@@H](c1cc3ccccc3o1)N2. The maximum Gasteiger partial charge on any atom is 0.134 e. The molecule has 0 radical (unpaired) electrons. The van der Waals surface area contributed by atoms with Gasteiger partial charge in [-0.25, -0.2) is 0 Å². The number of benzene rings is 2. The monoisotopic (exact) mass is 249 g/mol. The van der Waals surface area contributed by atoms with Gasteiger partial charge in [-0.3, -0.25) is 0 Å². The fourth-order valence-corrected chi connectivity index (χ4v) is 2.83. The van der Waals surface area contributed by atoms with Gasteiger partial charge in [-0.05, 0) is 36.6 Å².